The third kappa shape index (κ3) is 4.91. The fraction of sp³-hybridized carbons (Fsp3) is 0.600. The normalized spacial score (nSPS) is 15.3. The fourth-order valence-corrected chi connectivity index (χ4v) is 3.70. The van der Waals surface area contributed by atoms with E-state index in [-0.39, 0.29) is 5.69 Å². The van der Waals surface area contributed by atoms with Crippen molar-refractivity contribution in [3.63, 3.8) is 0 Å². The molecule has 1 fully saturated rings. The van der Waals surface area contributed by atoms with Crippen molar-refractivity contribution in [3.05, 3.63) is 45.5 Å². The van der Waals surface area contributed by atoms with E-state index in [9.17, 15) is 4.79 Å². The van der Waals surface area contributed by atoms with Crippen LogP contribution < -0.4 is 15.9 Å². The third-order valence-corrected chi connectivity index (χ3v) is 5.17. The lowest BCUT2D eigenvalue weighted by molar-refractivity contribution is 0.401. The summed E-state index contributed by atoms with van der Waals surface area (Å²) < 4.78 is 1.74. The Balaban J connectivity index is 1.50. The molecule has 27 heavy (non-hydrogen) atoms. The van der Waals surface area contributed by atoms with Gasteiger partial charge < -0.3 is 10.2 Å². The lowest BCUT2D eigenvalue weighted by atomic mass is 10.0. The van der Waals surface area contributed by atoms with Gasteiger partial charge in [-0.2, -0.15) is 4.98 Å². The standard InChI is InChI=1S/C20H30N6O/c1-5-17-13-19(24-16(4)23-17)25-9-6-18(7-10-25)21-8-11-26-15(3)12-14(2)22-20(26)27/h12-13,18,21H,5-11H2,1-4H3. The van der Waals surface area contributed by atoms with Gasteiger partial charge in [-0.05, 0) is 46.1 Å². The van der Waals surface area contributed by atoms with Crippen LogP contribution in [0.25, 0.3) is 0 Å². The van der Waals surface area contributed by atoms with E-state index < -0.39 is 0 Å². The minimum Gasteiger partial charge on any atom is -0.356 e. The predicted molar refractivity (Wildman–Crippen MR) is 107 cm³/mol. The summed E-state index contributed by atoms with van der Waals surface area (Å²) in [5.41, 5.74) is 2.69. The van der Waals surface area contributed by atoms with Crippen LogP contribution in [0.4, 0.5) is 5.82 Å². The summed E-state index contributed by atoms with van der Waals surface area (Å²) in [6.07, 6.45) is 3.08. The summed E-state index contributed by atoms with van der Waals surface area (Å²) in [5.74, 6) is 1.89. The van der Waals surface area contributed by atoms with Gasteiger partial charge in [-0.3, -0.25) is 4.57 Å². The maximum Gasteiger partial charge on any atom is 0.347 e. The maximum atomic E-state index is 12.0. The Bertz CT molecular complexity index is 839. The van der Waals surface area contributed by atoms with Crippen molar-refractivity contribution in [1.29, 1.82) is 0 Å². The minimum absolute atomic E-state index is 0.157. The second-order valence-electron chi connectivity index (χ2n) is 7.31. The van der Waals surface area contributed by atoms with E-state index in [1.54, 1.807) is 4.57 Å². The summed E-state index contributed by atoms with van der Waals surface area (Å²) >= 11 is 0. The van der Waals surface area contributed by atoms with Crippen molar-refractivity contribution in [1.82, 2.24) is 24.8 Å². The number of rotatable bonds is 6. The van der Waals surface area contributed by atoms with E-state index in [1.165, 1.54) is 0 Å². The topological polar surface area (TPSA) is 75.9 Å². The monoisotopic (exact) mass is 370 g/mol. The molecule has 3 rings (SSSR count). The van der Waals surface area contributed by atoms with E-state index in [4.69, 9.17) is 0 Å². The molecule has 0 radical (unpaired) electrons. The van der Waals surface area contributed by atoms with Gasteiger partial charge in [-0.25, -0.2) is 14.8 Å². The molecule has 3 heterocycles. The van der Waals surface area contributed by atoms with Crippen molar-refractivity contribution >= 4 is 5.82 Å². The van der Waals surface area contributed by atoms with Crippen LogP contribution in [0.2, 0.25) is 0 Å². The lowest BCUT2D eigenvalue weighted by Crippen LogP contribution is -2.44. The van der Waals surface area contributed by atoms with E-state index in [0.717, 1.165) is 67.6 Å². The molecule has 0 saturated carbocycles. The zero-order valence-electron chi connectivity index (χ0n) is 16.8. The molecule has 1 aliphatic heterocycles. The Labute approximate surface area is 160 Å². The summed E-state index contributed by atoms with van der Waals surface area (Å²) in [6.45, 7) is 11.3. The van der Waals surface area contributed by atoms with E-state index >= 15 is 0 Å². The maximum absolute atomic E-state index is 12.0. The van der Waals surface area contributed by atoms with Crippen LogP contribution in [0, 0.1) is 20.8 Å². The molecule has 1 aliphatic rings. The number of nitrogens with zero attached hydrogens (tertiary/aromatic N) is 5. The van der Waals surface area contributed by atoms with Crippen LogP contribution in [-0.4, -0.2) is 45.2 Å². The molecule has 146 valence electrons. The molecular formula is C20H30N6O. The summed E-state index contributed by atoms with van der Waals surface area (Å²) in [7, 11) is 0. The molecule has 0 unspecified atom stereocenters. The molecule has 0 amide bonds. The van der Waals surface area contributed by atoms with Crippen molar-refractivity contribution in [3.8, 4) is 0 Å². The SMILES string of the molecule is CCc1cc(N2CCC(NCCn3c(C)cc(C)nc3=O)CC2)nc(C)n1. The van der Waals surface area contributed by atoms with Gasteiger partial charge in [0.15, 0.2) is 0 Å². The molecule has 0 aromatic carbocycles. The van der Waals surface area contributed by atoms with Crippen molar-refractivity contribution in [2.75, 3.05) is 24.5 Å². The lowest BCUT2D eigenvalue weighted by Gasteiger charge is -2.33. The highest BCUT2D eigenvalue weighted by atomic mass is 16.1. The first-order valence-electron chi connectivity index (χ1n) is 9.84. The number of hydrogen-bond acceptors (Lipinski definition) is 6. The first kappa shape index (κ1) is 19.5. The third-order valence-electron chi connectivity index (χ3n) is 5.17. The number of nitrogens with one attached hydrogen (secondary N) is 1. The quantitative estimate of drug-likeness (QED) is 0.835. The van der Waals surface area contributed by atoms with Gasteiger partial charge in [-0.1, -0.05) is 6.92 Å². The van der Waals surface area contributed by atoms with Crippen LogP contribution in [-0.2, 0) is 13.0 Å². The summed E-state index contributed by atoms with van der Waals surface area (Å²) in [6, 6.07) is 4.54. The number of aryl methyl sites for hydroxylation is 4. The molecule has 2 aromatic heterocycles. The molecular weight excluding hydrogens is 340 g/mol. The zero-order chi connectivity index (χ0) is 19.4. The first-order chi connectivity index (χ1) is 13.0. The van der Waals surface area contributed by atoms with Gasteiger partial charge in [0.05, 0.1) is 0 Å². The van der Waals surface area contributed by atoms with Crippen molar-refractivity contribution in [2.24, 2.45) is 0 Å². The number of anilines is 1. The Morgan fingerprint density at radius 2 is 1.85 bits per heavy atom. The molecule has 0 bridgehead atoms. The van der Waals surface area contributed by atoms with Crippen LogP contribution >= 0.6 is 0 Å². The smallest absolute Gasteiger partial charge is 0.347 e. The van der Waals surface area contributed by atoms with E-state index in [0.29, 0.717) is 12.6 Å². The predicted octanol–water partition coefficient (Wildman–Crippen LogP) is 1.78. The molecule has 7 heteroatoms. The Hall–Kier alpha value is -2.28. The molecule has 0 aliphatic carbocycles. The summed E-state index contributed by atoms with van der Waals surface area (Å²) in [4.78, 5) is 27.5. The number of hydrogen-bond donors (Lipinski definition) is 1. The minimum atomic E-state index is -0.157. The van der Waals surface area contributed by atoms with Crippen LogP contribution in [0.1, 0.15) is 42.7 Å². The molecule has 1 N–H and O–H groups in total. The second-order valence-corrected chi connectivity index (χ2v) is 7.31. The van der Waals surface area contributed by atoms with Crippen LogP contribution in [0.15, 0.2) is 16.9 Å². The molecule has 1 saturated heterocycles. The molecule has 7 nitrogen and oxygen atoms in total. The highest BCUT2D eigenvalue weighted by molar-refractivity contribution is 5.40. The van der Waals surface area contributed by atoms with Gasteiger partial charge >= 0.3 is 5.69 Å². The van der Waals surface area contributed by atoms with Crippen molar-refractivity contribution in [2.45, 2.75) is 59.5 Å². The Morgan fingerprint density at radius 1 is 1.11 bits per heavy atom. The largest absolute Gasteiger partial charge is 0.356 e. The van der Waals surface area contributed by atoms with Gasteiger partial charge in [0, 0.05) is 55.4 Å². The summed E-state index contributed by atoms with van der Waals surface area (Å²) in [5, 5.41) is 3.60. The highest BCUT2D eigenvalue weighted by Gasteiger charge is 2.20. The zero-order valence-corrected chi connectivity index (χ0v) is 16.8. The number of aromatic nitrogens is 4. The van der Waals surface area contributed by atoms with Gasteiger partial charge in [0.25, 0.3) is 0 Å². The van der Waals surface area contributed by atoms with E-state index in [1.807, 2.05) is 26.8 Å². The fourth-order valence-electron chi connectivity index (χ4n) is 3.70. The number of piperidine rings is 1. The van der Waals surface area contributed by atoms with Crippen LogP contribution in [0.3, 0.4) is 0 Å². The van der Waals surface area contributed by atoms with E-state index in [2.05, 4.69) is 38.2 Å². The Kier molecular flexibility index (Phi) is 6.21. The second kappa shape index (κ2) is 8.61. The Morgan fingerprint density at radius 3 is 2.52 bits per heavy atom. The van der Waals surface area contributed by atoms with Crippen molar-refractivity contribution < 1.29 is 0 Å². The molecule has 0 spiro atoms. The molecule has 0 atom stereocenters. The van der Waals surface area contributed by atoms with Gasteiger partial charge in [-0.15, -0.1) is 0 Å². The average Bonchev–Trinajstić information content (AvgIpc) is 2.63. The van der Waals surface area contributed by atoms with Gasteiger partial charge in [0.2, 0.25) is 0 Å². The molecule has 2 aromatic rings. The van der Waals surface area contributed by atoms with Gasteiger partial charge in [0.1, 0.15) is 11.6 Å². The average molecular weight is 371 g/mol. The highest BCUT2D eigenvalue weighted by Crippen LogP contribution is 2.19. The first-order valence-corrected chi connectivity index (χ1v) is 9.84. The van der Waals surface area contributed by atoms with Crippen LogP contribution in [0.5, 0.6) is 0 Å².